The first kappa shape index (κ1) is 18.7. The summed E-state index contributed by atoms with van der Waals surface area (Å²) < 4.78 is 26.7. The molecule has 2 amide bonds. The van der Waals surface area contributed by atoms with Gasteiger partial charge in [-0.05, 0) is 36.4 Å². The molecule has 1 saturated heterocycles. The van der Waals surface area contributed by atoms with Gasteiger partial charge in [0, 0.05) is 50.2 Å². The van der Waals surface area contributed by atoms with Crippen LogP contribution in [-0.2, 0) is 0 Å². The van der Waals surface area contributed by atoms with Gasteiger partial charge in [0.05, 0.1) is 11.4 Å². The number of nitrogens with one attached hydrogen (secondary N) is 1. The van der Waals surface area contributed by atoms with Gasteiger partial charge >= 0.3 is 6.03 Å². The van der Waals surface area contributed by atoms with E-state index in [1.807, 2.05) is 29.2 Å². The second-order valence-electron chi connectivity index (χ2n) is 6.54. The van der Waals surface area contributed by atoms with Crippen molar-refractivity contribution in [1.29, 1.82) is 0 Å². The van der Waals surface area contributed by atoms with Gasteiger partial charge in [0.2, 0.25) is 0 Å². The Balaban J connectivity index is 1.35. The van der Waals surface area contributed by atoms with E-state index in [1.54, 1.807) is 17.3 Å². The largest absolute Gasteiger partial charge is 0.352 e. The molecule has 3 heterocycles. The number of carbonyl (C=O) groups is 1. The molecule has 1 fully saturated rings. The fraction of sp³-hybridized carbons (Fsp3) is 0.200. The molecule has 3 aromatic rings. The number of aromatic nitrogens is 3. The van der Waals surface area contributed by atoms with Gasteiger partial charge in [0.1, 0.15) is 11.6 Å². The smallest absolute Gasteiger partial charge is 0.322 e. The second kappa shape index (κ2) is 8.17. The van der Waals surface area contributed by atoms with Crippen molar-refractivity contribution in [1.82, 2.24) is 20.1 Å². The molecule has 1 N–H and O–H groups in total. The first-order valence-electron chi connectivity index (χ1n) is 9.10. The number of nitrogens with zero attached hydrogens (tertiary/aromatic N) is 5. The van der Waals surface area contributed by atoms with E-state index in [1.165, 1.54) is 6.07 Å². The lowest BCUT2D eigenvalue weighted by atomic mass is 10.2. The Kier molecular flexibility index (Phi) is 5.28. The summed E-state index contributed by atoms with van der Waals surface area (Å²) in [7, 11) is 0. The molecule has 0 unspecified atom stereocenters. The molecule has 1 aliphatic rings. The molecule has 4 rings (SSSR count). The van der Waals surface area contributed by atoms with Crippen LogP contribution in [0.2, 0.25) is 0 Å². The summed E-state index contributed by atoms with van der Waals surface area (Å²) >= 11 is 0. The molecule has 2 aromatic heterocycles. The lowest BCUT2D eigenvalue weighted by Crippen LogP contribution is -2.50. The van der Waals surface area contributed by atoms with Crippen LogP contribution >= 0.6 is 0 Å². The third kappa shape index (κ3) is 4.29. The lowest BCUT2D eigenvalue weighted by molar-refractivity contribution is 0.208. The Morgan fingerprint density at radius 3 is 2.34 bits per heavy atom. The summed E-state index contributed by atoms with van der Waals surface area (Å²) in [6.07, 6.45) is 3.40. The van der Waals surface area contributed by atoms with Crippen LogP contribution in [0.25, 0.3) is 11.3 Å². The van der Waals surface area contributed by atoms with Crippen LogP contribution in [0.4, 0.5) is 25.1 Å². The highest BCUT2D eigenvalue weighted by Crippen LogP contribution is 2.20. The van der Waals surface area contributed by atoms with Crippen molar-refractivity contribution in [2.24, 2.45) is 0 Å². The summed E-state index contributed by atoms with van der Waals surface area (Å²) in [6.45, 7) is 2.04. The summed E-state index contributed by atoms with van der Waals surface area (Å²) in [5.74, 6) is -0.765. The van der Waals surface area contributed by atoms with Crippen molar-refractivity contribution in [3.8, 4) is 11.3 Å². The molecule has 29 heavy (non-hydrogen) atoms. The maximum absolute atomic E-state index is 13.7. The number of piperazine rings is 1. The van der Waals surface area contributed by atoms with Crippen molar-refractivity contribution in [3.05, 3.63) is 66.5 Å². The number of urea groups is 1. The highest BCUT2D eigenvalue weighted by Gasteiger charge is 2.23. The lowest BCUT2D eigenvalue weighted by Gasteiger charge is -2.35. The van der Waals surface area contributed by atoms with Gasteiger partial charge in [0.15, 0.2) is 5.82 Å². The quantitative estimate of drug-likeness (QED) is 0.736. The van der Waals surface area contributed by atoms with Gasteiger partial charge in [-0.25, -0.2) is 13.6 Å². The van der Waals surface area contributed by atoms with Crippen molar-refractivity contribution >= 4 is 17.5 Å². The molecule has 0 spiro atoms. The van der Waals surface area contributed by atoms with Gasteiger partial charge in [0.25, 0.3) is 0 Å². The predicted octanol–water partition coefficient (Wildman–Crippen LogP) is 3.17. The van der Waals surface area contributed by atoms with Gasteiger partial charge < -0.3 is 15.1 Å². The van der Waals surface area contributed by atoms with Crippen molar-refractivity contribution in [2.45, 2.75) is 0 Å². The van der Waals surface area contributed by atoms with E-state index in [-0.39, 0.29) is 5.69 Å². The molecule has 0 aliphatic carbocycles. The maximum Gasteiger partial charge on any atom is 0.322 e. The second-order valence-corrected chi connectivity index (χ2v) is 6.54. The molecule has 0 radical (unpaired) electrons. The number of pyridine rings is 1. The van der Waals surface area contributed by atoms with Crippen LogP contribution in [0.15, 0.2) is 54.9 Å². The average Bonchev–Trinajstić information content (AvgIpc) is 2.76. The van der Waals surface area contributed by atoms with Crippen molar-refractivity contribution < 1.29 is 13.6 Å². The number of hydrogen-bond donors (Lipinski definition) is 1. The Bertz CT molecular complexity index is 992. The number of halogens is 2. The molecular weight excluding hydrogens is 378 g/mol. The highest BCUT2D eigenvalue weighted by atomic mass is 19.1. The zero-order chi connectivity index (χ0) is 20.2. The standard InChI is InChI=1S/C20H18F2N6O/c21-15-1-2-18(16(22)13-15)24-20(29)28-11-9-27(10-12-28)19-4-3-17(25-26-19)14-5-7-23-8-6-14/h1-8,13H,9-12H2,(H,24,29). The zero-order valence-electron chi connectivity index (χ0n) is 15.4. The highest BCUT2D eigenvalue weighted by molar-refractivity contribution is 5.89. The minimum absolute atomic E-state index is 0.0450. The molecule has 0 bridgehead atoms. The van der Waals surface area contributed by atoms with Crippen LogP contribution in [0.1, 0.15) is 0 Å². The van der Waals surface area contributed by atoms with Crippen LogP contribution in [-0.4, -0.2) is 52.3 Å². The number of rotatable bonds is 3. The maximum atomic E-state index is 13.7. The normalized spacial score (nSPS) is 14.0. The third-order valence-corrected chi connectivity index (χ3v) is 4.69. The first-order chi connectivity index (χ1) is 14.1. The summed E-state index contributed by atoms with van der Waals surface area (Å²) in [6, 6.07) is 10.1. The third-order valence-electron chi connectivity index (χ3n) is 4.69. The van der Waals surface area contributed by atoms with Gasteiger partial charge in [-0.3, -0.25) is 4.98 Å². The SMILES string of the molecule is O=C(Nc1ccc(F)cc1F)N1CCN(c2ccc(-c3ccncc3)nn2)CC1. The Morgan fingerprint density at radius 2 is 1.69 bits per heavy atom. The predicted molar refractivity (Wildman–Crippen MR) is 104 cm³/mol. The minimum Gasteiger partial charge on any atom is -0.352 e. The van der Waals surface area contributed by atoms with Crippen molar-refractivity contribution in [3.63, 3.8) is 0 Å². The zero-order valence-corrected chi connectivity index (χ0v) is 15.4. The molecule has 9 heteroatoms. The van der Waals surface area contributed by atoms with Crippen LogP contribution in [0, 0.1) is 11.6 Å². The Labute approximate surface area is 166 Å². The van der Waals surface area contributed by atoms with Crippen LogP contribution < -0.4 is 10.2 Å². The number of amides is 2. The summed E-state index contributed by atoms with van der Waals surface area (Å²) in [5, 5.41) is 11.0. The fourth-order valence-corrected chi connectivity index (χ4v) is 3.09. The van der Waals surface area contributed by atoms with E-state index >= 15 is 0 Å². The Morgan fingerprint density at radius 1 is 0.931 bits per heavy atom. The van der Waals surface area contributed by atoms with Crippen molar-refractivity contribution in [2.75, 3.05) is 36.4 Å². The summed E-state index contributed by atoms with van der Waals surface area (Å²) in [4.78, 5) is 20.0. The van der Waals surface area contributed by atoms with E-state index in [0.29, 0.717) is 26.2 Å². The van der Waals surface area contributed by atoms with E-state index in [2.05, 4.69) is 20.5 Å². The molecule has 1 aliphatic heterocycles. The van der Waals surface area contributed by atoms with Gasteiger partial charge in [-0.15, -0.1) is 10.2 Å². The number of carbonyl (C=O) groups excluding carboxylic acids is 1. The molecule has 0 atom stereocenters. The molecule has 1 aromatic carbocycles. The van der Waals surface area contributed by atoms with E-state index < -0.39 is 17.7 Å². The molecule has 7 nitrogen and oxygen atoms in total. The van der Waals surface area contributed by atoms with E-state index in [4.69, 9.17) is 0 Å². The number of hydrogen-bond acceptors (Lipinski definition) is 5. The van der Waals surface area contributed by atoms with Gasteiger partial charge in [-0.2, -0.15) is 0 Å². The molecule has 148 valence electrons. The fourth-order valence-electron chi connectivity index (χ4n) is 3.09. The minimum atomic E-state index is -0.804. The first-order valence-corrected chi connectivity index (χ1v) is 9.10. The van der Waals surface area contributed by atoms with E-state index in [0.717, 1.165) is 29.2 Å². The van der Waals surface area contributed by atoms with E-state index in [9.17, 15) is 13.6 Å². The molecular formula is C20H18F2N6O. The van der Waals surface area contributed by atoms with Gasteiger partial charge in [-0.1, -0.05) is 0 Å². The average molecular weight is 396 g/mol. The Hall–Kier alpha value is -3.62. The molecule has 0 saturated carbocycles. The topological polar surface area (TPSA) is 74.2 Å². The summed E-state index contributed by atoms with van der Waals surface area (Å²) in [5.41, 5.74) is 1.65. The van der Waals surface area contributed by atoms with Crippen LogP contribution in [0.3, 0.4) is 0 Å². The number of anilines is 2. The van der Waals surface area contributed by atoms with Crippen LogP contribution in [0.5, 0.6) is 0 Å². The number of benzene rings is 1. The monoisotopic (exact) mass is 396 g/mol.